The van der Waals surface area contributed by atoms with Crippen molar-refractivity contribution in [1.29, 1.82) is 0 Å². The largest absolute Gasteiger partial charge is 0.481 e. The van der Waals surface area contributed by atoms with Crippen LogP contribution in [0.25, 0.3) is 10.9 Å². The van der Waals surface area contributed by atoms with Crippen molar-refractivity contribution in [3.8, 4) is 5.75 Å². The number of fused-ring (bicyclic) bond motifs is 1. The number of aliphatic carboxylic acids is 1. The first-order valence-electron chi connectivity index (χ1n) is 11.5. The fourth-order valence-corrected chi connectivity index (χ4v) is 3.94. The number of carboxylic acid groups (broad SMARTS) is 1. The van der Waals surface area contributed by atoms with Crippen molar-refractivity contribution in [3.63, 3.8) is 0 Å². The van der Waals surface area contributed by atoms with E-state index in [2.05, 4.69) is 9.72 Å². The molecule has 0 aliphatic rings. The highest BCUT2D eigenvalue weighted by molar-refractivity contribution is 5.92. The molecule has 0 saturated carbocycles. The molecule has 1 N–H and O–H groups in total. The Bertz CT molecular complexity index is 1510. The van der Waals surface area contributed by atoms with Gasteiger partial charge < -0.3 is 9.84 Å². The Morgan fingerprint density at radius 1 is 1.00 bits per heavy atom. The van der Waals surface area contributed by atoms with Crippen molar-refractivity contribution in [1.82, 2.24) is 9.55 Å². The molecule has 3 rings (SSSR count). The van der Waals surface area contributed by atoms with Crippen molar-refractivity contribution in [2.75, 3.05) is 6.61 Å². The number of hydrogen-bond acceptors (Lipinski definition) is 6. The number of halogens is 7. The fraction of sp³-hybridized carbons (Fsp3) is 0.320. The van der Waals surface area contributed by atoms with Crippen LogP contribution in [-0.4, -0.2) is 38.8 Å². The van der Waals surface area contributed by atoms with Gasteiger partial charge in [0.2, 0.25) is 11.6 Å². The average Bonchev–Trinajstić information content (AvgIpc) is 2.87. The predicted molar refractivity (Wildman–Crippen MR) is 122 cm³/mol. The minimum absolute atomic E-state index is 0.0825. The Morgan fingerprint density at radius 3 is 2.17 bits per heavy atom. The summed E-state index contributed by atoms with van der Waals surface area (Å²) in [5.74, 6) is -14.4. The molecule has 0 aliphatic carbocycles. The highest BCUT2D eigenvalue weighted by Crippen LogP contribution is 2.31. The number of nitrogens with zero attached hydrogens (tertiary/aromatic N) is 2. The minimum atomic E-state index is -4.77. The maximum atomic E-state index is 13.8. The molecule has 3 aromatic rings. The molecule has 0 radical (unpaired) electrons. The highest BCUT2D eigenvalue weighted by atomic mass is 19.4. The Kier molecular flexibility index (Phi) is 8.95. The van der Waals surface area contributed by atoms with Crippen molar-refractivity contribution >= 4 is 28.4 Å². The normalized spacial score (nSPS) is 13.2. The van der Waals surface area contributed by atoms with Crippen LogP contribution in [0, 0.1) is 29.2 Å². The number of hydrogen-bond donors (Lipinski definition) is 1. The number of Topliss-reactive ketones (excluding diaryl/α,β-unsaturated/α-hetero) is 2. The number of carboxylic acids is 1. The third-order valence-corrected chi connectivity index (χ3v) is 5.96. The summed E-state index contributed by atoms with van der Waals surface area (Å²) in [7, 11) is 0. The first kappa shape index (κ1) is 30.2. The van der Waals surface area contributed by atoms with E-state index >= 15 is 0 Å². The van der Waals surface area contributed by atoms with Gasteiger partial charge in [-0.25, -0.2) is 13.8 Å². The van der Waals surface area contributed by atoms with E-state index in [1.54, 1.807) is 0 Å². The predicted octanol–water partition coefficient (Wildman–Crippen LogP) is 4.62. The van der Waals surface area contributed by atoms with Gasteiger partial charge in [0, 0.05) is 18.4 Å². The first-order valence-corrected chi connectivity index (χ1v) is 11.5. The number of benzene rings is 2. The summed E-state index contributed by atoms with van der Waals surface area (Å²) in [6, 6.07) is 0.798. The van der Waals surface area contributed by atoms with Gasteiger partial charge in [-0.2, -0.15) is 22.0 Å². The van der Waals surface area contributed by atoms with E-state index in [1.807, 2.05) is 0 Å². The van der Waals surface area contributed by atoms with E-state index < -0.39 is 101 Å². The summed E-state index contributed by atoms with van der Waals surface area (Å²) >= 11 is 0. The third-order valence-electron chi connectivity index (χ3n) is 5.96. The van der Waals surface area contributed by atoms with E-state index in [9.17, 15) is 55.0 Å². The van der Waals surface area contributed by atoms with Crippen LogP contribution in [0.5, 0.6) is 5.75 Å². The Balaban J connectivity index is 1.87. The number of ketones is 2. The molecule has 0 spiro atoms. The zero-order valence-electron chi connectivity index (χ0n) is 20.4. The van der Waals surface area contributed by atoms with Crippen LogP contribution in [0.2, 0.25) is 0 Å². The second-order valence-electron chi connectivity index (χ2n) is 8.63. The number of carbonyl (C=O) groups excluding carboxylic acids is 2. The van der Waals surface area contributed by atoms with Crippen LogP contribution in [0.15, 0.2) is 35.4 Å². The van der Waals surface area contributed by atoms with Crippen LogP contribution in [-0.2, 0) is 20.6 Å². The smallest absolute Gasteiger partial charge is 0.416 e. The molecular formula is C25H19F7N2O6. The molecular weight excluding hydrogens is 557 g/mol. The summed E-state index contributed by atoms with van der Waals surface area (Å²) in [6.45, 7) is 0.170. The van der Waals surface area contributed by atoms with Crippen molar-refractivity contribution in [2.24, 2.45) is 5.92 Å². The van der Waals surface area contributed by atoms with Gasteiger partial charge >= 0.3 is 12.1 Å². The summed E-state index contributed by atoms with van der Waals surface area (Å²) in [6.07, 6.45) is -5.76. The maximum Gasteiger partial charge on any atom is 0.416 e. The van der Waals surface area contributed by atoms with Gasteiger partial charge in [-0.05, 0) is 24.6 Å². The lowest BCUT2D eigenvalue weighted by Crippen LogP contribution is -2.33. The van der Waals surface area contributed by atoms with Crippen LogP contribution in [0.1, 0.15) is 37.8 Å². The molecule has 0 amide bonds. The monoisotopic (exact) mass is 576 g/mol. The second-order valence-corrected chi connectivity index (χ2v) is 8.63. The lowest BCUT2D eigenvalue weighted by atomic mass is 9.91. The molecule has 1 heterocycles. The Morgan fingerprint density at radius 2 is 1.62 bits per heavy atom. The summed E-state index contributed by atoms with van der Waals surface area (Å²) < 4.78 is 99.1. The molecule has 8 nitrogen and oxygen atoms in total. The van der Waals surface area contributed by atoms with Gasteiger partial charge in [-0.1, -0.05) is 6.92 Å². The van der Waals surface area contributed by atoms with Gasteiger partial charge in [-0.3, -0.25) is 23.7 Å². The molecule has 2 aromatic carbocycles. The minimum Gasteiger partial charge on any atom is -0.481 e. The molecule has 2 atom stereocenters. The molecule has 0 bridgehead atoms. The van der Waals surface area contributed by atoms with E-state index in [0.29, 0.717) is 6.07 Å². The lowest BCUT2D eigenvalue weighted by molar-refractivity contribution is -0.142. The van der Waals surface area contributed by atoms with Gasteiger partial charge in [0.1, 0.15) is 6.61 Å². The van der Waals surface area contributed by atoms with Gasteiger partial charge in [0.25, 0.3) is 5.56 Å². The van der Waals surface area contributed by atoms with Crippen LogP contribution >= 0.6 is 0 Å². The summed E-state index contributed by atoms with van der Waals surface area (Å²) in [4.78, 5) is 53.9. The maximum absolute atomic E-state index is 13.8. The molecule has 214 valence electrons. The summed E-state index contributed by atoms with van der Waals surface area (Å²) in [5.41, 5.74) is -2.21. The number of carbonyl (C=O) groups is 3. The molecule has 40 heavy (non-hydrogen) atoms. The topological polar surface area (TPSA) is 116 Å². The van der Waals surface area contributed by atoms with Crippen LogP contribution in [0.3, 0.4) is 0 Å². The number of ether oxygens (including phenoxy) is 1. The van der Waals surface area contributed by atoms with Crippen molar-refractivity contribution < 1.29 is 55.0 Å². The van der Waals surface area contributed by atoms with Gasteiger partial charge in [0.15, 0.2) is 29.0 Å². The van der Waals surface area contributed by atoms with Crippen molar-refractivity contribution in [3.05, 3.63) is 69.8 Å². The zero-order valence-corrected chi connectivity index (χ0v) is 20.4. The quantitative estimate of drug-likeness (QED) is 0.262. The molecule has 0 unspecified atom stereocenters. The van der Waals surface area contributed by atoms with Crippen molar-refractivity contribution in [2.45, 2.75) is 38.4 Å². The van der Waals surface area contributed by atoms with Crippen LogP contribution in [0.4, 0.5) is 30.7 Å². The second kappa shape index (κ2) is 11.8. The summed E-state index contributed by atoms with van der Waals surface area (Å²) in [5, 5.41) is 8.74. The molecule has 0 saturated heterocycles. The van der Waals surface area contributed by atoms with E-state index in [1.165, 1.54) is 6.92 Å². The van der Waals surface area contributed by atoms with Gasteiger partial charge in [-0.15, -0.1) is 0 Å². The van der Waals surface area contributed by atoms with Crippen LogP contribution < -0.4 is 10.3 Å². The first-order chi connectivity index (χ1) is 18.6. The number of alkyl halides is 3. The number of aromatic nitrogens is 2. The molecule has 0 fully saturated rings. The van der Waals surface area contributed by atoms with E-state index in [-0.39, 0.29) is 18.0 Å². The fourth-order valence-electron chi connectivity index (χ4n) is 3.94. The average molecular weight is 576 g/mol. The zero-order chi connectivity index (χ0) is 29.9. The van der Waals surface area contributed by atoms with E-state index in [4.69, 9.17) is 0 Å². The molecule has 0 aliphatic heterocycles. The van der Waals surface area contributed by atoms with Gasteiger partial charge in [0.05, 0.1) is 35.3 Å². The highest BCUT2D eigenvalue weighted by Gasteiger charge is 2.33. The van der Waals surface area contributed by atoms with E-state index in [0.717, 1.165) is 23.0 Å². The molecule has 1 aromatic heterocycles. The lowest BCUT2D eigenvalue weighted by Gasteiger charge is -2.20. The SMILES string of the molecule is CC[C@@H](C(=O)C[C@@H](CC(=O)O)C(=O)COc1c(F)c(F)cc(F)c1F)n1cnc2ccc(C(F)(F)F)cc2c1=O. The Labute approximate surface area is 220 Å². The third kappa shape index (κ3) is 6.46. The Hall–Kier alpha value is -4.30. The molecule has 15 heteroatoms. The standard InChI is InChI=1S/C25H19F7N2O6/c1-2-17(34-10-33-16-4-3-12(25(30,31)32)7-13(16)24(34)39)18(35)5-11(6-20(37)38)19(36)9-40-23-21(28)14(26)8-15(27)22(23)29/h3-4,7-8,10-11,17H,2,5-6,9H2,1H3,(H,37,38)/t11-,17-/m0/s1. The number of rotatable bonds is 11.